The molecular weight excluding hydrogens is 222 g/mol. The molecule has 0 amide bonds. The van der Waals surface area contributed by atoms with Crippen LogP contribution in [0.3, 0.4) is 0 Å². The third-order valence-electron chi connectivity index (χ3n) is 3.43. The van der Waals surface area contributed by atoms with Crippen LogP contribution in [-0.4, -0.2) is 18.9 Å². The fraction of sp³-hybridized carbons (Fsp3) is 0.188. The van der Waals surface area contributed by atoms with E-state index in [9.17, 15) is 4.79 Å². The first-order chi connectivity index (χ1) is 8.84. The minimum absolute atomic E-state index is 0.174. The van der Waals surface area contributed by atoms with Gasteiger partial charge in [0.05, 0.1) is 0 Å². The molecule has 0 spiro atoms. The van der Waals surface area contributed by atoms with Crippen molar-refractivity contribution < 1.29 is 4.79 Å². The van der Waals surface area contributed by atoms with E-state index >= 15 is 0 Å². The quantitative estimate of drug-likeness (QED) is 0.832. The second-order valence-corrected chi connectivity index (χ2v) is 4.66. The van der Waals surface area contributed by atoms with Crippen LogP contribution in [0.4, 0.5) is 0 Å². The molecule has 90 valence electrons. The maximum Gasteiger partial charge on any atom is 0.168 e. The molecule has 2 heteroatoms. The second-order valence-electron chi connectivity index (χ2n) is 4.66. The zero-order valence-corrected chi connectivity index (χ0v) is 10.1. The molecule has 3 rings (SSSR count). The van der Waals surface area contributed by atoms with E-state index in [1.807, 2.05) is 42.5 Å². The van der Waals surface area contributed by atoms with E-state index in [2.05, 4.69) is 17.4 Å². The predicted octanol–water partition coefficient (Wildman–Crippen LogP) is 2.76. The standard InChI is InChI=1S/C16H15NO/c18-16(15-10-17-11-15)14-8-6-13(7-9-14)12-4-2-1-3-5-12/h1-9,15,17H,10-11H2. The van der Waals surface area contributed by atoms with E-state index in [-0.39, 0.29) is 11.7 Å². The Kier molecular flexibility index (Phi) is 2.95. The second kappa shape index (κ2) is 4.75. The Hall–Kier alpha value is -1.93. The third kappa shape index (κ3) is 2.07. The first kappa shape index (κ1) is 11.2. The van der Waals surface area contributed by atoms with E-state index in [4.69, 9.17) is 0 Å². The van der Waals surface area contributed by atoms with Crippen LogP contribution >= 0.6 is 0 Å². The highest BCUT2D eigenvalue weighted by molar-refractivity contribution is 5.99. The van der Waals surface area contributed by atoms with Gasteiger partial charge in [0.15, 0.2) is 5.78 Å². The SMILES string of the molecule is O=C(c1ccc(-c2ccccc2)cc1)C1CNC1. The van der Waals surface area contributed by atoms with Gasteiger partial charge in [0.25, 0.3) is 0 Å². The van der Waals surface area contributed by atoms with Crippen molar-refractivity contribution in [2.75, 3.05) is 13.1 Å². The lowest BCUT2D eigenvalue weighted by Gasteiger charge is -2.25. The first-order valence-electron chi connectivity index (χ1n) is 6.25. The van der Waals surface area contributed by atoms with Crippen LogP contribution < -0.4 is 5.32 Å². The minimum atomic E-state index is 0.174. The van der Waals surface area contributed by atoms with Gasteiger partial charge < -0.3 is 5.32 Å². The summed E-state index contributed by atoms with van der Waals surface area (Å²) in [5.74, 6) is 0.431. The van der Waals surface area contributed by atoms with Gasteiger partial charge in [-0.05, 0) is 11.1 Å². The number of carbonyl (C=O) groups is 1. The average molecular weight is 237 g/mol. The molecule has 1 aliphatic heterocycles. The number of nitrogens with one attached hydrogen (secondary N) is 1. The van der Waals surface area contributed by atoms with Crippen LogP contribution in [0.5, 0.6) is 0 Å². The molecule has 1 aliphatic rings. The van der Waals surface area contributed by atoms with Gasteiger partial charge in [-0.1, -0.05) is 54.6 Å². The van der Waals surface area contributed by atoms with Crippen molar-refractivity contribution in [1.29, 1.82) is 0 Å². The minimum Gasteiger partial charge on any atom is -0.315 e. The Morgan fingerprint density at radius 2 is 1.50 bits per heavy atom. The molecule has 1 heterocycles. The van der Waals surface area contributed by atoms with Crippen molar-refractivity contribution in [2.24, 2.45) is 5.92 Å². The number of hydrogen-bond acceptors (Lipinski definition) is 2. The molecule has 2 aromatic rings. The summed E-state index contributed by atoms with van der Waals surface area (Å²) >= 11 is 0. The summed E-state index contributed by atoms with van der Waals surface area (Å²) in [4.78, 5) is 12.0. The van der Waals surface area contributed by atoms with E-state index in [0.29, 0.717) is 0 Å². The Balaban J connectivity index is 1.83. The van der Waals surface area contributed by atoms with Crippen LogP contribution in [0.15, 0.2) is 54.6 Å². The van der Waals surface area contributed by atoms with Gasteiger partial charge in [-0.15, -0.1) is 0 Å². The number of ketones is 1. The molecule has 2 nitrogen and oxygen atoms in total. The van der Waals surface area contributed by atoms with Gasteiger partial charge in [-0.3, -0.25) is 4.79 Å². The summed E-state index contributed by atoms with van der Waals surface area (Å²) < 4.78 is 0. The molecule has 1 saturated heterocycles. The highest BCUT2D eigenvalue weighted by Crippen LogP contribution is 2.21. The molecular formula is C16H15NO. The van der Waals surface area contributed by atoms with Crippen LogP contribution in [0.1, 0.15) is 10.4 Å². The normalized spacial score (nSPS) is 15.1. The molecule has 0 atom stereocenters. The summed E-state index contributed by atoms with van der Waals surface area (Å²) in [5.41, 5.74) is 3.15. The van der Waals surface area contributed by atoms with Gasteiger partial charge in [0, 0.05) is 24.6 Å². The van der Waals surface area contributed by atoms with E-state index in [0.717, 1.165) is 24.2 Å². The summed E-state index contributed by atoms with van der Waals surface area (Å²) in [6.07, 6.45) is 0. The molecule has 0 unspecified atom stereocenters. The molecule has 18 heavy (non-hydrogen) atoms. The van der Waals surface area contributed by atoms with Crippen molar-refractivity contribution in [3.63, 3.8) is 0 Å². The fourth-order valence-electron chi connectivity index (χ4n) is 2.17. The highest BCUT2D eigenvalue weighted by atomic mass is 16.1. The maximum absolute atomic E-state index is 12.0. The van der Waals surface area contributed by atoms with Gasteiger partial charge in [0.2, 0.25) is 0 Å². The lowest BCUT2D eigenvalue weighted by molar-refractivity contribution is 0.0878. The van der Waals surface area contributed by atoms with Crippen LogP contribution in [0, 0.1) is 5.92 Å². The Bertz CT molecular complexity index is 541. The lowest BCUT2D eigenvalue weighted by Crippen LogP contribution is -2.46. The van der Waals surface area contributed by atoms with Gasteiger partial charge >= 0.3 is 0 Å². The monoisotopic (exact) mass is 237 g/mol. The fourth-order valence-corrected chi connectivity index (χ4v) is 2.17. The molecule has 0 aliphatic carbocycles. The molecule has 1 N–H and O–H groups in total. The zero-order chi connectivity index (χ0) is 12.4. The zero-order valence-electron chi connectivity index (χ0n) is 10.1. The van der Waals surface area contributed by atoms with Gasteiger partial charge in [-0.25, -0.2) is 0 Å². The lowest BCUT2D eigenvalue weighted by atomic mass is 9.92. The van der Waals surface area contributed by atoms with Crippen molar-refractivity contribution in [3.8, 4) is 11.1 Å². The molecule has 1 fully saturated rings. The van der Waals surface area contributed by atoms with E-state index in [1.165, 1.54) is 5.56 Å². The number of carbonyl (C=O) groups excluding carboxylic acids is 1. The molecule has 0 aromatic heterocycles. The van der Waals surface area contributed by atoms with E-state index in [1.54, 1.807) is 0 Å². The molecule has 2 aromatic carbocycles. The number of rotatable bonds is 3. The number of Topliss-reactive ketones (excluding diaryl/α,β-unsaturated/α-hetero) is 1. The topological polar surface area (TPSA) is 29.1 Å². The predicted molar refractivity (Wildman–Crippen MR) is 72.6 cm³/mol. The van der Waals surface area contributed by atoms with Crippen molar-refractivity contribution in [1.82, 2.24) is 5.32 Å². The van der Waals surface area contributed by atoms with Crippen molar-refractivity contribution in [2.45, 2.75) is 0 Å². The van der Waals surface area contributed by atoms with Crippen molar-refractivity contribution in [3.05, 3.63) is 60.2 Å². The highest BCUT2D eigenvalue weighted by Gasteiger charge is 2.25. The summed E-state index contributed by atoms with van der Waals surface area (Å²) in [6, 6.07) is 18.1. The average Bonchev–Trinajstić information content (AvgIpc) is 2.38. The number of benzene rings is 2. The third-order valence-corrected chi connectivity index (χ3v) is 3.43. The smallest absolute Gasteiger partial charge is 0.168 e. The molecule has 0 radical (unpaired) electrons. The van der Waals surface area contributed by atoms with Crippen LogP contribution in [-0.2, 0) is 0 Å². The van der Waals surface area contributed by atoms with Crippen LogP contribution in [0.25, 0.3) is 11.1 Å². The van der Waals surface area contributed by atoms with Crippen molar-refractivity contribution >= 4 is 5.78 Å². The van der Waals surface area contributed by atoms with Crippen LogP contribution in [0.2, 0.25) is 0 Å². The maximum atomic E-state index is 12.0. The van der Waals surface area contributed by atoms with Gasteiger partial charge in [0.1, 0.15) is 0 Å². The Morgan fingerprint density at radius 1 is 0.889 bits per heavy atom. The summed E-state index contributed by atoms with van der Waals surface area (Å²) in [6.45, 7) is 1.64. The molecule has 0 saturated carbocycles. The molecule has 0 bridgehead atoms. The summed E-state index contributed by atoms with van der Waals surface area (Å²) in [7, 11) is 0. The number of hydrogen-bond donors (Lipinski definition) is 1. The van der Waals surface area contributed by atoms with Gasteiger partial charge in [-0.2, -0.15) is 0 Å². The Labute approximate surface area is 107 Å². The first-order valence-corrected chi connectivity index (χ1v) is 6.25. The van der Waals surface area contributed by atoms with E-state index < -0.39 is 0 Å². The summed E-state index contributed by atoms with van der Waals surface area (Å²) in [5, 5.41) is 3.13. The largest absolute Gasteiger partial charge is 0.315 e. The Morgan fingerprint density at radius 3 is 2.06 bits per heavy atom.